The second-order valence-corrected chi connectivity index (χ2v) is 4.72. The highest BCUT2D eigenvalue weighted by Crippen LogP contribution is 2.20. The van der Waals surface area contributed by atoms with Gasteiger partial charge >= 0.3 is 0 Å². The van der Waals surface area contributed by atoms with Crippen molar-refractivity contribution in [3.63, 3.8) is 0 Å². The Morgan fingerprint density at radius 2 is 1.65 bits per heavy atom. The van der Waals surface area contributed by atoms with Crippen LogP contribution in [0.3, 0.4) is 0 Å². The van der Waals surface area contributed by atoms with E-state index >= 15 is 0 Å². The molecular formula is C15H10IN. The first-order valence-electron chi connectivity index (χ1n) is 5.23. The Kier molecular flexibility index (Phi) is 3.94. The Morgan fingerprint density at radius 3 is 2.29 bits per heavy atom. The minimum atomic E-state index is 0.690. The molecule has 0 aliphatic rings. The molecule has 2 heteroatoms. The fraction of sp³-hybridized carbons (Fsp3) is 0. The molecule has 0 radical (unpaired) electrons. The van der Waals surface area contributed by atoms with E-state index in [-0.39, 0.29) is 0 Å². The highest BCUT2D eigenvalue weighted by atomic mass is 127. The Labute approximate surface area is 115 Å². The van der Waals surface area contributed by atoms with Gasteiger partial charge in [-0.05, 0) is 45.9 Å². The average molecular weight is 331 g/mol. The highest BCUT2D eigenvalue weighted by Gasteiger charge is 2.01. The van der Waals surface area contributed by atoms with Crippen molar-refractivity contribution in [3.8, 4) is 6.07 Å². The van der Waals surface area contributed by atoms with Crippen LogP contribution < -0.4 is 0 Å². The number of hydrogen-bond acceptors (Lipinski definition) is 1. The van der Waals surface area contributed by atoms with Crippen molar-refractivity contribution in [2.24, 2.45) is 0 Å². The van der Waals surface area contributed by atoms with Crippen LogP contribution >= 0.6 is 22.6 Å². The molecular weight excluding hydrogens is 321 g/mol. The molecule has 0 aromatic heterocycles. The van der Waals surface area contributed by atoms with Crippen LogP contribution in [0.15, 0.2) is 54.6 Å². The fourth-order valence-corrected chi connectivity index (χ4v) is 2.09. The lowest BCUT2D eigenvalue weighted by Gasteiger charge is -2.01. The Morgan fingerprint density at radius 1 is 1.00 bits per heavy atom. The first-order chi connectivity index (χ1) is 8.31. The topological polar surface area (TPSA) is 23.8 Å². The summed E-state index contributed by atoms with van der Waals surface area (Å²) in [4.78, 5) is 0. The molecule has 2 aromatic rings. The third-order valence-corrected chi connectivity index (χ3v) is 3.39. The maximum absolute atomic E-state index is 9.21. The van der Waals surface area contributed by atoms with Crippen LogP contribution in [0.25, 0.3) is 11.6 Å². The van der Waals surface area contributed by atoms with Crippen LogP contribution in [0, 0.1) is 14.9 Å². The van der Waals surface area contributed by atoms with Gasteiger partial charge in [-0.25, -0.2) is 0 Å². The lowest BCUT2D eigenvalue weighted by atomic mass is 10.0. The van der Waals surface area contributed by atoms with Gasteiger partial charge in [0.2, 0.25) is 0 Å². The van der Waals surface area contributed by atoms with Gasteiger partial charge in [0.1, 0.15) is 0 Å². The summed E-state index contributed by atoms with van der Waals surface area (Å²) in [5.41, 5.74) is 2.72. The van der Waals surface area contributed by atoms with E-state index in [9.17, 15) is 5.26 Å². The van der Waals surface area contributed by atoms with E-state index < -0.39 is 0 Å². The predicted octanol–water partition coefficient (Wildman–Crippen LogP) is 4.36. The summed E-state index contributed by atoms with van der Waals surface area (Å²) in [7, 11) is 0. The zero-order valence-corrected chi connectivity index (χ0v) is 11.3. The van der Waals surface area contributed by atoms with Gasteiger partial charge in [0.15, 0.2) is 0 Å². The Hall–Kier alpha value is -1.60. The maximum Gasteiger partial charge on any atom is 0.0998 e. The molecule has 0 unspecified atom stereocenters. The highest BCUT2D eigenvalue weighted by molar-refractivity contribution is 14.1. The van der Waals surface area contributed by atoms with E-state index in [1.165, 1.54) is 0 Å². The number of halogens is 1. The number of allylic oxidation sites excluding steroid dienone is 1. The van der Waals surface area contributed by atoms with E-state index in [0.29, 0.717) is 5.57 Å². The number of nitrogens with zero attached hydrogens (tertiary/aromatic N) is 1. The average Bonchev–Trinajstić information content (AvgIpc) is 2.39. The molecule has 0 heterocycles. The van der Waals surface area contributed by atoms with E-state index in [1.807, 2.05) is 60.7 Å². The zero-order chi connectivity index (χ0) is 12.1. The first kappa shape index (κ1) is 11.9. The summed E-state index contributed by atoms with van der Waals surface area (Å²) in [5, 5.41) is 9.21. The molecule has 0 spiro atoms. The SMILES string of the molecule is N#C/C(=C/c1ccccc1I)c1ccccc1. The molecule has 0 saturated carbocycles. The molecule has 0 aliphatic heterocycles. The molecule has 2 rings (SSSR count). The number of rotatable bonds is 2. The van der Waals surface area contributed by atoms with Crippen LogP contribution in [-0.4, -0.2) is 0 Å². The summed E-state index contributed by atoms with van der Waals surface area (Å²) in [6, 6.07) is 20.0. The Bertz CT molecular complexity index is 579. The zero-order valence-electron chi connectivity index (χ0n) is 9.10. The lowest BCUT2D eigenvalue weighted by Crippen LogP contribution is -1.83. The standard InChI is InChI=1S/C15H10IN/c16-15-9-5-4-8-13(15)10-14(11-17)12-6-2-1-3-7-12/h1-10H/b14-10-. The van der Waals surface area contributed by atoms with E-state index in [1.54, 1.807) is 0 Å². The van der Waals surface area contributed by atoms with Gasteiger partial charge < -0.3 is 0 Å². The maximum atomic E-state index is 9.21. The molecule has 0 bridgehead atoms. The molecule has 0 atom stereocenters. The van der Waals surface area contributed by atoms with Crippen molar-refractivity contribution in [2.75, 3.05) is 0 Å². The van der Waals surface area contributed by atoms with Crippen LogP contribution in [0.4, 0.5) is 0 Å². The summed E-state index contributed by atoms with van der Waals surface area (Å²) in [6.45, 7) is 0. The number of hydrogen-bond donors (Lipinski definition) is 0. The normalized spacial score (nSPS) is 10.9. The summed E-state index contributed by atoms with van der Waals surface area (Å²) in [5.74, 6) is 0. The molecule has 0 fully saturated rings. The molecule has 0 saturated heterocycles. The molecule has 17 heavy (non-hydrogen) atoms. The van der Waals surface area contributed by atoms with Crippen LogP contribution in [0.5, 0.6) is 0 Å². The van der Waals surface area contributed by atoms with Gasteiger partial charge in [0.25, 0.3) is 0 Å². The largest absolute Gasteiger partial charge is 0.192 e. The minimum absolute atomic E-state index is 0.690. The molecule has 0 N–H and O–H groups in total. The number of benzene rings is 2. The van der Waals surface area contributed by atoms with Gasteiger partial charge in [0.05, 0.1) is 11.6 Å². The van der Waals surface area contributed by atoms with Gasteiger partial charge in [-0.15, -0.1) is 0 Å². The molecule has 2 aromatic carbocycles. The van der Waals surface area contributed by atoms with Crippen molar-refractivity contribution in [2.45, 2.75) is 0 Å². The minimum Gasteiger partial charge on any atom is -0.192 e. The van der Waals surface area contributed by atoms with Crippen LogP contribution in [0.2, 0.25) is 0 Å². The van der Waals surface area contributed by atoms with Crippen LogP contribution in [-0.2, 0) is 0 Å². The first-order valence-corrected chi connectivity index (χ1v) is 6.31. The molecule has 1 nitrogen and oxygen atoms in total. The van der Waals surface area contributed by atoms with E-state index in [2.05, 4.69) is 28.7 Å². The summed E-state index contributed by atoms with van der Waals surface area (Å²) >= 11 is 2.28. The smallest absolute Gasteiger partial charge is 0.0998 e. The quantitative estimate of drug-likeness (QED) is 0.456. The second kappa shape index (κ2) is 5.65. The molecule has 0 amide bonds. The molecule has 0 aliphatic carbocycles. The summed E-state index contributed by atoms with van der Waals surface area (Å²) < 4.78 is 1.15. The monoisotopic (exact) mass is 331 g/mol. The Balaban J connectivity index is 2.45. The van der Waals surface area contributed by atoms with Gasteiger partial charge in [-0.2, -0.15) is 5.26 Å². The van der Waals surface area contributed by atoms with Gasteiger partial charge in [-0.3, -0.25) is 0 Å². The fourth-order valence-electron chi connectivity index (χ4n) is 1.55. The third kappa shape index (κ3) is 2.95. The van der Waals surface area contributed by atoms with Crippen molar-refractivity contribution in [1.29, 1.82) is 5.26 Å². The molecule has 82 valence electrons. The van der Waals surface area contributed by atoms with Crippen molar-refractivity contribution in [3.05, 3.63) is 69.3 Å². The second-order valence-electron chi connectivity index (χ2n) is 3.56. The van der Waals surface area contributed by atoms with E-state index in [0.717, 1.165) is 14.7 Å². The van der Waals surface area contributed by atoms with Gasteiger partial charge in [0, 0.05) is 3.57 Å². The van der Waals surface area contributed by atoms with Gasteiger partial charge in [-0.1, -0.05) is 48.5 Å². The van der Waals surface area contributed by atoms with Crippen molar-refractivity contribution in [1.82, 2.24) is 0 Å². The lowest BCUT2D eigenvalue weighted by molar-refractivity contribution is 1.52. The third-order valence-electron chi connectivity index (χ3n) is 2.41. The number of nitriles is 1. The van der Waals surface area contributed by atoms with Crippen molar-refractivity contribution < 1.29 is 0 Å². The summed E-state index contributed by atoms with van der Waals surface area (Å²) in [6.07, 6.45) is 1.93. The van der Waals surface area contributed by atoms with Crippen molar-refractivity contribution >= 4 is 34.2 Å². The predicted molar refractivity (Wildman–Crippen MR) is 79.1 cm³/mol. The van der Waals surface area contributed by atoms with Crippen LogP contribution in [0.1, 0.15) is 11.1 Å². The van der Waals surface area contributed by atoms with E-state index in [4.69, 9.17) is 0 Å².